The number of fused-ring (bicyclic) bond motifs is 1. The molecular weight excluding hydrogens is 307 g/mol. The third-order valence-corrected chi connectivity index (χ3v) is 4.20. The number of benzene rings is 2. The number of ether oxygens (including phenoxy) is 1. The molecular formula is C19H21FN2O2. The van der Waals surface area contributed by atoms with Crippen molar-refractivity contribution in [3.63, 3.8) is 0 Å². The lowest BCUT2D eigenvalue weighted by atomic mass is 10.0. The predicted molar refractivity (Wildman–Crippen MR) is 93.0 cm³/mol. The molecule has 1 aromatic heterocycles. The molecule has 2 unspecified atom stereocenters. The van der Waals surface area contributed by atoms with E-state index in [4.69, 9.17) is 4.74 Å². The minimum absolute atomic E-state index is 0.316. The van der Waals surface area contributed by atoms with Gasteiger partial charge in [0.05, 0.1) is 24.8 Å². The summed E-state index contributed by atoms with van der Waals surface area (Å²) >= 11 is 0. The quantitative estimate of drug-likeness (QED) is 0.731. The fourth-order valence-electron chi connectivity index (χ4n) is 3.08. The maximum absolute atomic E-state index is 13.7. The third-order valence-electron chi connectivity index (χ3n) is 4.20. The Hall–Kier alpha value is -2.37. The number of hydrogen-bond acceptors (Lipinski definition) is 3. The highest BCUT2D eigenvalue weighted by Crippen LogP contribution is 2.30. The number of aliphatic hydroxyl groups excluding tert-OH is 1. The van der Waals surface area contributed by atoms with E-state index in [-0.39, 0.29) is 5.82 Å². The van der Waals surface area contributed by atoms with E-state index in [9.17, 15) is 9.50 Å². The van der Waals surface area contributed by atoms with Crippen molar-refractivity contribution in [3.8, 4) is 5.75 Å². The normalized spacial score (nSPS) is 13.8. The van der Waals surface area contributed by atoms with Crippen molar-refractivity contribution in [1.82, 2.24) is 9.88 Å². The first kappa shape index (κ1) is 16.5. The minimum Gasteiger partial charge on any atom is -0.497 e. The second-order valence-electron chi connectivity index (χ2n) is 5.77. The first-order chi connectivity index (χ1) is 11.6. The minimum atomic E-state index is -0.710. The molecule has 0 fully saturated rings. The summed E-state index contributed by atoms with van der Waals surface area (Å²) in [4.78, 5) is 0. The SMILES string of the molecule is CNCC(O)C(c1cccc(F)c1)n1ccc2ccc(OC)cc21. The van der Waals surface area contributed by atoms with Crippen LogP contribution in [0.2, 0.25) is 0 Å². The molecule has 0 bridgehead atoms. The standard InChI is InChI=1S/C19H21FN2O2/c1-21-12-18(23)19(14-4-3-5-15(20)10-14)22-9-8-13-6-7-16(24-2)11-17(13)22/h3-11,18-19,21,23H,12H2,1-2H3. The number of aromatic nitrogens is 1. The van der Waals surface area contributed by atoms with E-state index < -0.39 is 12.1 Å². The molecule has 0 saturated heterocycles. The molecule has 3 aromatic rings. The summed E-state index contributed by atoms with van der Waals surface area (Å²) in [5, 5.41) is 14.7. The molecule has 2 N–H and O–H groups in total. The fraction of sp³-hybridized carbons (Fsp3) is 0.263. The van der Waals surface area contributed by atoms with Crippen molar-refractivity contribution < 1.29 is 14.2 Å². The van der Waals surface area contributed by atoms with Gasteiger partial charge >= 0.3 is 0 Å². The summed E-state index contributed by atoms with van der Waals surface area (Å²) in [5.74, 6) is 0.423. The maximum atomic E-state index is 13.7. The molecule has 0 radical (unpaired) electrons. The molecule has 2 atom stereocenters. The Morgan fingerprint density at radius 1 is 1.21 bits per heavy atom. The Kier molecular flexibility index (Phi) is 4.83. The van der Waals surface area contributed by atoms with Crippen LogP contribution in [0.1, 0.15) is 11.6 Å². The Balaban J connectivity index is 2.15. The van der Waals surface area contributed by atoms with E-state index in [1.807, 2.05) is 41.1 Å². The molecule has 0 aliphatic carbocycles. The van der Waals surface area contributed by atoms with Crippen LogP contribution in [0.15, 0.2) is 54.7 Å². The van der Waals surface area contributed by atoms with Gasteiger partial charge in [0.1, 0.15) is 11.6 Å². The number of rotatable bonds is 6. The molecule has 0 amide bonds. The molecule has 4 nitrogen and oxygen atoms in total. The van der Waals surface area contributed by atoms with Crippen molar-refractivity contribution >= 4 is 10.9 Å². The second kappa shape index (κ2) is 7.03. The highest BCUT2D eigenvalue weighted by molar-refractivity contribution is 5.82. The van der Waals surface area contributed by atoms with Crippen molar-refractivity contribution in [1.29, 1.82) is 0 Å². The van der Waals surface area contributed by atoms with Gasteiger partial charge in [-0.1, -0.05) is 12.1 Å². The largest absolute Gasteiger partial charge is 0.497 e. The van der Waals surface area contributed by atoms with Crippen molar-refractivity contribution in [2.24, 2.45) is 0 Å². The second-order valence-corrected chi connectivity index (χ2v) is 5.77. The molecule has 126 valence electrons. The number of likely N-dealkylation sites (N-methyl/N-ethyl adjacent to an activating group) is 1. The van der Waals surface area contributed by atoms with Gasteiger partial charge in [0, 0.05) is 18.8 Å². The lowest BCUT2D eigenvalue weighted by molar-refractivity contribution is 0.132. The zero-order valence-electron chi connectivity index (χ0n) is 13.7. The van der Waals surface area contributed by atoms with Crippen LogP contribution in [-0.4, -0.2) is 36.5 Å². The van der Waals surface area contributed by atoms with Crippen LogP contribution >= 0.6 is 0 Å². The number of nitrogens with zero attached hydrogens (tertiary/aromatic N) is 1. The average Bonchev–Trinajstić information content (AvgIpc) is 2.98. The van der Waals surface area contributed by atoms with Crippen molar-refractivity contribution in [2.45, 2.75) is 12.1 Å². The van der Waals surface area contributed by atoms with Gasteiger partial charge in [-0.2, -0.15) is 0 Å². The number of methoxy groups -OCH3 is 1. The van der Waals surface area contributed by atoms with Gasteiger partial charge in [0.25, 0.3) is 0 Å². The summed E-state index contributed by atoms with van der Waals surface area (Å²) in [6.45, 7) is 0.394. The zero-order valence-corrected chi connectivity index (χ0v) is 13.7. The van der Waals surface area contributed by atoms with Gasteiger partial charge in [-0.05, 0) is 48.3 Å². The highest BCUT2D eigenvalue weighted by atomic mass is 19.1. The van der Waals surface area contributed by atoms with Gasteiger partial charge < -0.3 is 19.7 Å². The molecule has 5 heteroatoms. The van der Waals surface area contributed by atoms with E-state index in [0.29, 0.717) is 6.54 Å². The van der Waals surface area contributed by atoms with Crippen molar-refractivity contribution in [2.75, 3.05) is 20.7 Å². The fourth-order valence-corrected chi connectivity index (χ4v) is 3.08. The molecule has 2 aromatic carbocycles. The maximum Gasteiger partial charge on any atom is 0.123 e. The van der Waals surface area contributed by atoms with E-state index in [1.54, 1.807) is 20.2 Å². The summed E-state index contributed by atoms with van der Waals surface area (Å²) in [5.41, 5.74) is 1.65. The summed E-state index contributed by atoms with van der Waals surface area (Å²) in [6.07, 6.45) is 1.21. The van der Waals surface area contributed by atoms with Gasteiger partial charge in [-0.25, -0.2) is 4.39 Å². The average molecular weight is 328 g/mol. The van der Waals surface area contributed by atoms with E-state index in [2.05, 4.69) is 5.32 Å². The Bertz CT molecular complexity index is 831. The van der Waals surface area contributed by atoms with Crippen LogP contribution < -0.4 is 10.1 Å². The van der Waals surface area contributed by atoms with Gasteiger partial charge in [0.15, 0.2) is 0 Å². The summed E-state index contributed by atoms with van der Waals surface area (Å²) < 4.78 is 21.0. The lowest BCUT2D eigenvalue weighted by Gasteiger charge is -2.26. The molecule has 0 saturated carbocycles. The molecule has 0 spiro atoms. The zero-order chi connectivity index (χ0) is 17.1. The van der Waals surface area contributed by atoms with Crippen LogP contribution in [0, 0.1) is 5.82 Å². The Labute approximate surface area is 140 Å². The molecule has 24 heavy (non-hydrogen) atoms. The Morgan fingerprint density at radius 3 is 2.75 bits per heavy atom. The molecule has 0 aliphatic rings. The number of nitrogens with one attached hydrogen (secondary N) is 1. The molecule has 3 rings (SSSR count). The summed E-state index contributed by atoms with van der Waals surface area (Å²) in [6, 6.07) is 13.7. The van der Waals surface area contributed by atoms with Crippen LogP contribution in [0.5, 0.6) is 5.75 Å². The molecule has 0 aliphatic heterocycles. The number of aliphatic hydroxyl groups is 1. The Morgan fingerprint density at radius 2 is 2.04 bits per heavy atom. The van der Waals surface area contributed by atoms with E-state index in [1.165, 1.54) is 12.1 Å². The van der Waals surface area contributed by atoms with E-state index in [0.717, 1.165) is 22.2 Å². The predicted octanol–water partition coefficient (Wildman–Crippen LogP) is 2.96. The van der Waals surface area contributed by atoms with E-state index >= 15 is 0 Å². The summed E-state index contributed by atoms with van der Waals surface area (Å²) in [7, 11) is 3.40. The monoisotopic (exact) mass is 328 g/mol. The number of hydrogen-bond donors (Lipinski definition) is 2. The van der Waals surface area contributed by atoms with Gasteiger partial charge in [0.2, 0.25) is 0 Å². The first-order valence-corrected chi connectivity index (χ1v) is 7.86. The van der Waals surface area contributed by atoms with Crippen LogP contribution in [-0.2, 0) is 0 Å². The van der Waals surface area contributed by atoms with Gasteiger partial charge in [-0.15, -0.1) is 0 Å². The van der Waals surface area contributed by atoms with Gasteiger partial charge in [-0.3, -0.25) is 0 Å². The first-order valence-electron chi connectivity index (χ1n) is 7.86. The lowest BCUT2D eigenvalue weighted by Crippen LogP contribution is -2.33. The van der Waals surface area contributed by atoms with Crippen LogP contribution in [0.25, 0.3) is 10.9 Å². The van der Waals surface area contributed by atoms with Crippen molar-refractivity contribution in [3.05, 3.63) is 66.1 Å². The van der Waals surface area contributed by atoms with Crippen LogP contribution in [0.3, 0.4) is 0 Å². The third kappa shape index (κ3) is 3.13. The number of halogens is 1. The molecule has 1 heterocycles. The smallest absolute Gasteiger partial charge is 0.123 e. The highest BCUT2D eigenvalue weighted by Gasteiger charge is 2.24. The van der Waals surface area contributed by atoms with Crippen LogP contribution in [0.4, 0.5) is 4.39 Å². The topological polar surface area (TPSA) is 46.4 Å².